The average molecular weight is 342 g/mol. The summed E-state index contributed by atoms with van der Waals surface area (Å²) >= 11 is 6.09. The molecule has 0 saturated heterocycles. The molecule has 0 radical (unpaired) electrons. The SMILES string of the molecule is CCCCN(C)C(=O)Cn1c(Cl)nc2c1c(=O)n(C)c(=O)n2C. The Morgan fingerprint density at radius 1 is 1.26 bits per heavy atom. The summed E-state index contributed by atoms with van der Waals surface area (Å²) in [4.78, 5) is 42.2. The fraction of sp³-hybridized carbons (Fsp3) is 0.571. The number of halogens is 1. The zero-order valence-corrected chi connectivity index (χ0v) is 14.4. The molecule has 0 spiro atoms. The third kappa shape index (κ3) is 3.03. The first-order valence-corrected chi connectivity index (χ1v) is 7.73. The van der Waals surface area contributed by atoms with Crippen molar-refractivity contribution in [2.75, 3.05) is 13.6 Å². The molecule has 0 unspecified atom stereocenters. The highest BCUT2D eigenvalue weighted by Gasteiger charge is 2.20. The number of carbonyl (C=O) groups is 1. The number of hydrogen-bond donors (Lipinski definition) is 0. The average Bonchev–Trinajstić information content (AvgIpc) is 2.85. The molecule has 0 fully saturated rings. The summed E-state index contributed by atoms with van der Waals surface area (Å²) in [5, 5.41) is 0.00976. The second-order valence-corrected chi connectivity index (χ2v) is 5.85. The molecule has 0 aliphatic heterocycles. The van der Waals surface area contributed by atoms with E-state index in [0.717, 1.165) is 17.4 Å². The highest BCUT2D eigenvalue weighted by molar-refractivity contribution is 6.29. The number of aromatic nitrogens is 4. The Morgan fingerprint density at radius 3 is 2.52 bits per heavy atom. The molecule has 2 aromatic heterocycles. The highest BCUT2D eigenvalue weighted by Crippen LogP contribution is 2.15. The first-order chi connectivity index (χ1) is 10.8. The summed E-state index contributed by atoms with van der Waals surface area (Å²) in [6.07, 6.45) is 1.88. The topological polar surface area (TPSA) is 82.1 Å². The van der Waals surface area contributed by atoms with Crippen LogP contribution in [0.25, 0.3) is 11.2 Å². The molecule has 0 bridgehead atoms. The van der Waals surface area contributed by atoms with Crippen molar-refractivity contribution >= 4 is 28.7 Å². The van der Waals surface area contributed by atoms with Gasteiger partial charge < -0.3 is 4.90 Å². The van der Waals surface area contributed by atoms with Crippen molar-refractivity contribution in [3.63, 3.8) is 0 Å². The Hall–Kier alpha value is -2.09. The number of likely N-dealkylation sites (N-methyl/N-ethyl adjacent to an activating group) is 1. The molecular formula is C14H20ClN5O3. The van der Waals surface area contributed by atoms with E-state index in [2.05, 4.69) is 4.98 Å². The van der Waals surface area contributed by atoms with Crippen LogP contribution in [-0.2, 0) is 25.4 Å². The van der Waals surface area contributed by atoms with Gasteiger partial charge in [-0.2, -0.15) is 4.98 Å². The van der Waals surface area contributed by atoms with Gasteiger partial charge in [0.05, 0.1) is 0 Å². The van der Waals surface area contributed by atoms with Gasteiger partial charge in [-0.25, -0.2) is 4.79 Å². The molecule has 2 rings (SSSR count). The maximum atomic E-state index is 12.4. The van der Waals surface area contributed by atoms with Gasteiger partial charge in [0.15, 0.2) is 11.2 Å². The van der Waals surface area contributed by atoms with E-state index in [9.17, 15) is 14.4 Å². The first-order valence-electron chi connectivity index (χ1n) is 7.35. The van der Waals surface area contributed by atoms with Crippen molar-refractivity contribution in [1.82, 2.24) is 23.6 Å². The van der Waals surface area contributed by atoms with Crippen LogP contribution < -0.4 is 11.2 Å². The lowest BCUT2D eigenvalue weighted by Crippen LogP contribution is -2.38. The lowest BCUT2D eigenvalue weighted by molar-refractivity contribution is -0.130. The second-order valence-electron chi connectivity index (χ2n) is 5.51. The molecule has 2 heterocycles. The smallest absolute Gasteiger partial charge is 0.332 e. The van der Waals surface area contributed by atoms with Crippen molar-refractivity contribution in [2.45, 2.75) is 26.3 Å². The minimum absolute atomic E-state index is 0.00976. The van der Waals surface area contributed by atoms with Gasteiger partial charge in [-0.3, -0.25) is 23.3 Å². The lowest BCUT2D eigenvalue weighted by atomic mass is 10.3. The van der Waals surface area contributed by atoms with E-state index in [-0.39, 0.29) is 28.9 Å². The van der Waals surface area contributed by atoms with Crippen molar-refractivity contribution in [1.29, 1.82) is 0 Å². The van der Waals surface area contributed by atoms with Crippen LogP contribution in [0.4, 0.5) is 0 Å². The summed E-state index contributed by atoms with van der Waals surface area (Å²) < 4.78 is 3.57. The van der Waals surface area contributed by atoms with Gasteiger partial charge in [0.2, 0.25) is 11.2 Å². The molecule has 9 heteroatoms. The third-order valence-corrected chi connectivity index (χ3v) is 4.16. The number of imidazole rings is 1. The Bertz CT molecular complexity index is 864. The fourth-order valence-electron chi connectivity index (χ4n) is 2.34. The molecule has 23 heavy (non-hydrogen) atoms. The predicted molar refractivity (Wildman–Crippen MR) is 87.8 cm³/mol. The van der Waals surface area contributed by atoms with Crippen molar-refractivity contribution in [3.8, 4) is 0 Å². The first kappa shape index (κ1) is 17.3. The molecule has 8 nitrogen and oxygen atoms in total. The molecule has 0 aliphatic rings. The minimum Gasteiger partial charge on any atom is -0.344 e. The fourth-order valence-corrected chi connectivity index (χ4v) is 2.56. The molecule has 0 N–H and O–H groups in total. The summed E-state index contributed by atoms with van der Waals surface area (Å²) in [5.41, 5.74) is -0.689. The van der Waals surface area contributed by atoms with E-state index in [1.807, 2.05) is 6.92 Å². The van der Waals surface area contributed by atoms with Gasteiger partial charge in [-0.05, 0) is 18.0 Å². The summed E-state index contributed by atoms with van der Waals surface area (Å²) in [6, 6.07) is 0. The number of rotatable bonds is 5. The number of fused-ring (bicyclic) bond motifs is 1. The van der Waals surface area contributed by atoms with E-state index >= 15 is 0 Å². The van der Waals surface area contributed by atoms with Crippen LogP contribution in [0.5, 0.6) is 0 Å². The van der Waals surface area contributed by atoms with Gasteiger partial charge in [-0.1, -0.05) is 13.3 Å². The highest BCUT2D eigenvalue weighted by atomic mass is 35.5. The molecule has 0 saturated carbocycles. The van der Waals surface area contributed by atoms with Gasteiger partial charge in [-0.15, -0.1) is 0 Å². The van der Waals surface area contributed by atoms with Crippen LogP contribution in [0.15, 0.2) is 9.59 Å². The van der Waals surface area contributed by atoms with E-state index in [4.69, 9.17) is 11.6 Å². The number of aryl methyl sites for hydroxylation is 1. The van der Waals surface area contributed by atoms with E-state index < -0.39 is 11.2 Å². The molecule has 0 aromatic carbocycles. The van der Waals surface area contributed by atoms with E-state index in [0.29, 0.717) is 6.54 Å². The van der Waals surface area contributed by atoms with Gasteiger partial charge in [0, 0.05) is 27.7 Å². The zero-order valence-electron chi connectivity index (χ0n) is 13.7. The number of hydrogen-bond acceptors (Lipinski definition) is 4. The quantitative estimate of drug-likeness (QED) is 0.735. The summed E-state index contributed by atoms with van der Waals surface area (Å²) in [6.45, 7) is 2.59. The maximum Gasteiger partial charge on any atom is 0.332 e. The Labute approximate surface area is 137 Å². The number of unbranched alkanes of at least 4 members (excludes halogenated alkanes) is 1. The molecule has 0 aliphatic carbocycles. The van der Waals surface area contributed by atoms with Crippen LogP contribution in [0.3, 0.4) is 0 Å². The zero-order chi connectivity index (χ0) is 17.3. The largest absolute Gasteiger partial charge is 0.344 e. The standard InChI is InChI=1S/C14H20ClN5O3/c1-5-6-7-17(2)9(21)8-20-10-11(16-13(20)15)18(3)14(23)19(4)12(10)22/h5-8H2,1-4H3. The van der Waals surface area contributed by atoms with Crippen LogP contribution in [0, 0.1) is 0 Å². The van der Waals surface area contributed by atoms with Crippen LogP contribution in [-0.4, -0.2) is 43.1 Å². The molecule has 1 amide bonds. The van der Waals surface area contributed by atoms with Crippen molar-refractivity contribution in [2.24, 2.45) is 14.1 Å². The minimum atomic E-state index is -0.522. The van der Waals surface area contributed by atoms with Gasteiger partial charge in [0.1, 0.15) is 6.54 Å². The lowest BCUT2D eigenvalue weighted by Gasteiger charge is -2.17. The van der Waals surface area contributed by atoms with Crippen molar-refractivity contribution < 1.29 is 4.79 Å². The van der Waals surface area contributed by atoms with Crippen LogP contribution in [0.2, 0.25) is 5.28 Å². The van der Waals surface area contributed by atoms with Gasteiger partial charge >= 0.3 is 5.69 Å². The molecular weight excluding hydrogens is 322 g/mol. The Kier molecular flexibility index (Phi) is 4.93. The number of carbonyl (C=O) groups excluding carboxylic acids is 1. The Balaban J connectivity index is 2.50. The monoisotopic (exact) mass is 341 g/mol. The molecule has 126 valence electrons. The summed E-state index contributed by atoms with van der Waals surface area (Å²) in [5.74, 6) is -0.171. The van der Waals surface area contributed by atoms with Crippen molar-refractivity contribution in [3.05, 3.63) is 26.1 Å². The normalized spacial score (nSPS) is 11.2. The predicted octanol–water partition coefficient (Wildman–Crippen LogP) is 0.346. The number of nitrogens with zero attached hydrogens (tertiary/aromatic N) is 5. The maximum absolute atomic E-state index is 12.4. The van der Waals surface area contributed by atoms with E-state index in [1.165, 1.54) is 23.2 Å². The third-order valence-electron chi connectivity index (χ3n) is 3.87. The van der Waals surface area contributed by atoms with Crippen LogP contribution >= 0.6 is 11.6 Å². The summed E-state index contributed by atoms with van der Waals surface area (Å²) in [7, 11) is 4.59. The van der Waals surface area contributed by atoms with Crippen LogP contribution in [0.1, 0.15) is 19.8 Å². The Morgan fingerprint density at radius 2 is 1.91 bits per heavy atom. The van der Waals surface area contributed by atoms with Gasteiger partial charge in [0.25, 0.3) is 5.56 Å². The molecule has 0 atom stereocenters. The second kappa shape index (κ2) is 6.57. The van der Waals surface area contributed by atoms with E-state index in [1.54, 1.807) is 11.9 Å². The number of amides is 1. The molecule has 2 aromatic rings.